The molecule has 0 aliphatic carbocycles. The molecule has 3 atom stereocenters. The Morgan fingerprint density at radius 2 is 1.97 bits per heavy atom. The Kier molecular flexibility index (Phi) is 5.63. The van der Waals surface area contributed by atoms with Gasteiger partial charge in [-0.1, -0.05) is 41.9 Å². The Morgan fingerprint density at radius 3 is 2.70 bits per heavy atom. The number of halogens is 1. The second-order valence-corrected chi connectivity index (χ2v) is 8.18. The summed E-state index contributed by atoms with van der Waals surface area (Å²) in [6, 6.07) is 13.0. The van der Waals surface area contributed by atoms with E-state index in [4.69, 9.17) is 11.6 Å². The molecular weight excluding hydrogens is 404 g/mol. The van der Waals surface area contributed by atoms with E-state index in [0.29, 0.717) is 30.1 Å². The monoisotopic (exact) mass is 426 g/mol. The Bertz CT molecular complexity index is 982. The van der Waals surface area contributed by atoms with Gasteiger partial charge in [0.25, 0.3) is 0 Å². The lowest BCUT2D eigenvalue weighted by Crippen LogP contribution is -2.61. The van der Waals surface area contributed by atoms with Gasteiger partial charge in [0.1, 0.15) is 12.1 Å². The van der Waals surface area contributed by atoms with Crippen LogP contribution in [0, 0.1) is 6.92 Å². The number of carbonyl (C=O) groups excluding carboxylic acids is 3. The van der Waals surface area contributed by atoms with Crippen LogP contribution in [0.4, 0.5) is 10.5 Å². The van der Waals surface area contributed by atoms with Gasteiger partial charge >= 0.3 is 6.03 Å². The van der Waals surface area contributed by atoms with Gasteiger partial charge in [-0.25, -0.2) is 4.79 Å². The fourth-order valence-corrected chi connectivity index (χ4v) is 4.29. The Morgan fingerprint density at radius 1 is 1.20 bits per heavy atom. The SMILES string of the molecule is Cc1cc(Cl)ccc1NC(=O)N[C@H]1C[C@H]2C(=O)N[C@@H](Cc3ccccc3)C(=O)N2C1. The molecule has 0 unspecified atom stereocenters. The number of fused-ring (bicyclic) bond motifs is 1. The lowest BCUT2D eigenvalue weighted by atomic mass is 10.0. The number of amides is 4. The molecule has 2 aliphatic heterocycles. The standard InChI is InChI=1S/C22H23ClN4O3/c1-13-9-15(23)7-8-17(13)26-22(30)24-16-11-19-20(28)25-18(21(29)27(19)12-16)10-14-5-3-2-4-6-14/h2-9,16,18-19H,10-12H2,1H3,(H,25,28)(H2,24,26,30)/t16-,18-,19-/m0/s1. The fourth-order valence-electron chi connectivity index (χ4n) is 4.06. The summed E-state index contributed by atoms with van der Waals surface area (Å²) in [6.07, 6.45) is 0.839. The van der Waals surface area contributed by atoms with Gasteiger partial charge in [-0.05, 0) is 42.7 Å². The molecule has 2 heterocycles. The van der Waals surface area contributed by atoms with E-state index in [1.165, 1.54) is 0 Å². The molecule has 156 valence electrons. The van der Waals surface area contributed by atoms with Gasteiger partial charge in [0.15, 0.2) is 0 Å². The molecule has 2 fully saturated rings. The third-order valence-corrected chi connectivity index (χ3v) is 5.79. The van der Waals surface area contributed by atoms with E-state index in [2.05, 4.69) is 16.0 Å². The zero-order valence-electron chi connectivity index (χ0n) is 16.5. The summed E-state index contributed by atoms with van der Waals surface area (Å²) >= 11 is 5.95. The normalized spacial score (nSPS) is 23.0. The van der Waals surface area contributed by atoms with Gasteiger partial charge in [0.2, 0.25) is 11.8 Å². The Hall–Kier alpha value is -3.06. The third-order valence-electron chi connectivity index (χ3n) is 5.56. The van der Waals surface area contributed by atoms with Gasteiger partial charge in [-0.2, -0.15) is 0 Å². The van der Waals surface area contributed by atoms with Crippen LogP contribution in [0.3, 0.4) is 0 Å². The lowest BCUT2D eigenvalue weighted by Gasteiger charge is -2.34. The molecule has 0 radical (unpaired) electrons. The molecule has 0 saturated carbocycles. The number of carbonyl (C=O) groups is 3. The molecular formula is C22H23ClN4O3. The van der Waals surface area contributed by atoms with Gasteiger partial charge in [0.05, 0.1) is 6.04 Å². The van der Waals surface area contributed by atoms with Crippen molar-refractivity contribution in [2.75, 3.05) is 11.9 Å². The second kappa shape index (κ2) is 8.36. The van der Waals surface area contributed by atoms with Crippen LogP contribution in [0.2, 0.25) is 5.02 Å². The summed E-state index contributed by atoms with van der Waals surface area (Å²) in [4.78, 5) is 39.5. The van der Waals surface area contributed by atoms with E-state index in [1.54, 1.807) is 23.1 Å². The molecule has 8 heteroatoms. The van der Waals surface area contributed by atoms with E-state index in [1.807, 2.05) is 37.3 Å². The number of anilines is 1. The zero-order valence-corrected chi connectivity index (χ0v) is 17.3. The van der Waals surface area contributed by atoms with Crippen molar-refractivity contribution in [3.05, 3.63) is 64.7 Å². The highest BCUT2D eigenvalue weighted by Gasteiger charge is 2.46. The van der Waals surface area contributed by atoms with Crippen molar-refractivity contribution in [3.63, 3.8) is 0 Å². The van der Waals surface area contributed by atoms with E-state index < -0.39 is 12.1 Å². The summed E-state index contributed by atoms with van der Waals surface area (Å²) in [7, 11) is 0. The molecule has 0 bridgehead atoms. The van der Waals surface area contributed by atoms with Gasteiger partial charge < -0.3 is 20.9 Å². The van der Waals surface area contributed by atoms with Crippen molar-refractivity contribution in [1.82, 2.24) is 15.5 Å². The van der Waals surface area contributed by atoms with Gasteiger partial charge in [0, 0.05) is 23.7 Å². The first kappa shape index (κ1) is 20.2. The minimum absolute atomic E-state index is 0.110. The summed E-state index contributed by atoms with van der Waals surface area (Å²) in [5, 5.41) is 9.11. The van der Waals surface area contributed by atoms with Crippen molar-refractivity contribution >= 4 is 35.1 Å². The average molecular weight is 427 g/mol. The molecule has 0 aromatic heterocycles. The number of nitrogens with one attached hydrogen (secondary N) is 3. The van der Waals surface area contributed by atoms with Crippen LogP contribution in [-0.2, 0) is 16.0 Å². The number of piperazine rings is 1. The quantitative estimate of drug-likeness (QED) is 0.701. The molecule has 2 aliphatic rings. The van der Waals surface area contributed by atoms with Crippen LogP contribution in [-0.4, -0.2) is 47.4 Å². The topological polar surface area (TPSA) is 90.5 Å². The summed E-state index contributed by atoms with van der Waals surface area (Å²) in [6.45, 7) is 2.17. The maximum Gasteiger partial charge on any atom is 0.319 e. The van der Waals surface area contributed by atoms with E-state index in [-0.39, 0.29) is 23.9 Å². The van der Waals surface area contributed by atoms with Crippen LogP contribution in [0.5, 0.6) is 0 Å². The molecule has 3 N–H and O–H groups in total. The van der Waals surface area contributed by atoms with Crippen molar-refractivity contribution < 1.29 is 14.4 Å². The molecule has 30 heavy (non-hydrogen) atoms. The molecule has 2 aromatic rings. The number of aryl methyl sites for hydroxylation is 1. The predicted octanol–water partition coefficient (Wildman–Crippen LogP) is 2.48. The van der Waals surface area contributed by atoms with Crippen LogP contribution >= 0.6 is 11.6 Å². The summed E-state index contributed by atoms with van der Waals surface area (Å²) in [5.74, 6) is -0.282. The second-order valence-electron chi connectivity index (χ2n) is 7.75. The van der Waals surface area contributed by atoms with Gasteiger partial charge in [-0.3, -0.25) is 9.59 Å². The maximum atomic E-state index is 12.9. The molecule has 4 amide bonds. The third kappa shape index (κ3) is 4.26. The molecule has 2 aromatic carbocycles. The minimum atomic E-state index is -0.583. The number of benzene rings is 2. The van der Waals surface area contributed by atoms with Crippen LogP contribution < -0.4 is 16.0 Å². The number of urea groups is 1. The molecule has 2 saturated heterocycles. The first-order valence-corrected chi connectivity index (χ1v) is 10.3. The Balaban J connectivity index is 1.38. The highest BCUT2D eigenvalue weighted by atomic mass is 35.5. The average Bonchev–Trinajstić information content (AvgIpc) is 3.13. The lowest BCUT2D eigenvalue weighted by molar-refractivity contribution is -0.147. The van der Waals surface area contributed by atoms with Crippen molar-refractivity contribution in [1.29, 1.82) is 0 Å². The number of nitrogens with zero attached hydrogens (tertiary/aromatic N) is 1. The van der Waals surface area contributed by atoms with E-state index in [0.717, 1.165) is 11.1 Å². The van der Waals surface area contributed by atoms with E-state index >= 15 is 0 Å². The van der Waals surface area contributed by atoms with Crippen molar-refractivity contribution in [3.8, 4) is 0 Å². The predicted molar refractivity (Wildman–Crippen MR) is 114 cm³/mol. The smallest absolute Gasteiger partial charge is 0.319 e. The first-order valence-electron chi connectivity index (χ1n) is 9.89. The molecule has 4 rings (SSSR count). The van der Waals surface area contributed by atoms with Crippen molar-refractivity contribution in [2.45, 2.75) is 37.9 Å². The largest absolute Gasteiger partial charge is 0.342 e. The minimum Gasteiger partial charge on any atom is -0.342 e. The number of rotatable bonds is 4. The molecule has 0 spiro atoms. The Labute approximate surface area is 179 Å². The highest BCUT2D eigenvalue weighted by Crippen LogP contribution is 2.24. The van der Waals surface area contributed by atoms with E-state index in [9.17, 15) is 14.4 Å². The summed E-state index contributed by atoms with van der Waals surface area (Å²) < 4.78 is 0. The maximum absolute atomic E-state index is 12.9. The first-order chi connectivity index (χ1) is 14.4. The van der Waals surface area contributed by atoms with Crippen LogP contribution in [0.15, 0.2) is 48.5 Å². The van der Waals surface area contributed by atoms with Crippen LogP contribution in [0.25, 0.3) is 0 Å². The molecule has 7 nitrogen and oxygen atoms in total. The van der Waals surface area contributed by atoms with Crippen LogP contribution in [0.1, 0.15) is 17.5 Å². The van der Waals surface area contributed by atoms with Gasteiger partial charge in [-0.15, -0.1) is 0 Å². The highest BCUT2D eigenvalue weighted by molar-refractivity contribution is 6.30. The fraction of sp³-hybridized carbons (Fsp3) is 0.318. The van der Waals surface area contributed by atoms with Crippen molar-refractivity contribution in [2.24, 2.45) is 0 Å². The number of hydrogen-bond acceptors (Lipinski definition) is 3. The summed E-state index contributed by atoms with van der Waals surface area (Å²) in [5.41, 5.74) is 2.49. The number of hydrogen-bond donors (Lipinski definition) is 3. The zero-order chi connectivity index (χ0) is 21.3.